The van der Waals surface area contributed by atoms with E-state index >= 15 is 0 Å². The molecule has 2 aromatic carbocycles. The predicted octanol–water partition coefficient (Wildman–Crippen LogP) is 3.88. The first-order valence-corrected chi connectivity index (χ1v) is 11.2. The highest BCUT2D eigenvalue weighted by atomic mass is 35.5. The Hall–Kier alpha value is -3.06. The van der Waals surface area contributed by atoms with Crippen LogP contribution in [0.15, 0.2) is 30.3 Å². The Morgan fingerprint density at radius 2 is 2.03 bits per heavy atom. The molecule has 1 spiro atoms. The van der Waals surface area contributed by atoms with Crippen molar-refractivity contribution in [3.63, 3.8) is 0 Å². The number of anilines is 1. The topological polar surface area (TPSA) is 109 Å². The van der Waals surface area contributed by atoms with Crippen LogP contribution in [-0.2, 0) is 5.88 Å². The summed E-state index contributed by atoms with van der Waals surface area (Å²) in [7, 11) is 0. The molecule has 0 saturated carbocycles. The zero-order chi connectivity index (χ0) is 23.0. The molecule has 32 heavy (non-hydrogen) atoms. The average molecular weight is 455 g/mol. The number of halogens is 1. The van der Waals surface area contributed by atoms with E-state index in [1.807, 2.05) is 18.2 Å². The van der Waals surface area contributed by atoms with E-state index in [1.165, 1.54) is 0 Å². The number of likely N-dealkylation sites (tertiary alicyclic amines) is 1. The zero-order valence-corrected chi connectivity index (χ0v) is 19.0. The van der Waals surface area contributed by atoms with E-state index in [4.69, 9.17) is 27.5 Å². The molecule has 4 N–H and O–H groups in total. The van der Waals surface area contributed by atoms with Gasteiger partial charge >= 0.3 is 0 Å². The Bertz CT molecular complexity index is 1090. The minimum Gasteiger partial charge on any atom is -0.467 e. The predicted molar refractivity (Wildman–Crippen MR) is 125 cm³/mol. The molecule has 0 aliphatic carbocycles. The lowest BCUT2D eigenvalue weighted by atomic mass is 9.94. The molecule has 2 heterocycles. The number of nitrogens with two attached hydrogens (primary N) is 1. The molecule has 2 aliphatic heterocycles. The molecule has 2 aromatic rings. The molecular formula is C24H27ClN4O3. The average Bonchev–Trinajstić information content (AvgIpc) is 2.79. The fourth-order valence-corrected chi connectivity index (χ4v) is 4.48. The Balaban J connectivity index is 1.50. The van der Waals surface area contributed by atoms with Gasteiger partial charge in [0, 0.05) is 54.8 Å². The van der Waals surface area contributed by atoms with Gasteiger partial charge in [-0.3, -0.25) is 9.59 Å². The number of alkyl halides is 1. The van der Waals surface area contributed by atoms with Crippen LogP contribution in [0.4, 0.5) is 5.69 Å². The van der Waals surface area contributed by atoms with Gasteiger partial charge in [-0.1, -0.05) is 19.9 Å². The number of nitrogens with zero attached hydrogens (tertiary/aromatic N) is 1. The highest BCUT2D eigenvalue weighted by Crippen LogP contribution is 2.35. The number of hydrogen-bond donors (Lipinski definition) is 3. The van der Waals surface area contributed by atoms with Gasteiger partial charge in [-0.05, 0) is 41.3 Å². The molecule has 0 aromatic heterocycles. The van der Waals surface area contributed by atoms with Gasteiger partial charge in [-0.25, -0.2) is 0 Å². The van der Waals surface area contributed by atoms with E-state index in [9.17, 15) is 9.59 Å². The van der Waals surface area contributed by atoms with Crippen LogP contribution in [0, 0.1) is 5.41 Å². The first-order chi connectivity index (χ1) is 15.3. The van der Waals surface area contributed by atoms with Crippen LogP contribution in [0.2, 0.25) is 0 Å². The number of nitrogen functional groups attached to an aromatic ring is 1. The van der Waals surface area contributed by atoms with E-state index in [2.05, 4.69) is 19.2 Å². The Morgan fingerprint density at radius 1 is 1.31 bits per heavy atom. The van der Waals surface area contributed by atoms with Gasteiger partial charge in [0.2, 0.25) is 0 Å². The second kappa shape index (κ2) is 8.47. The van der Waals surface area contributed by atoms with Crippen LogP contribution in [0.25, 0.3) is 0 Å². The molecule has 0 bridgehead atoms. The van der Waals surface area contributed by atoms with E-state index in [-0.39, 0.29) is 17.7 Å². The SMILES string of the molecule is CC(C)c1ccc2c(c1)C(=O)NC1(CCN(C(=O)c3cc(C=N)c(N)c(CCl)c3)CC1)O2. The van der Waals surface area contributed by atoms with Crippen molar-refractivity contribution in [1.29, 1.82) is 5.41 Å². The van der Waals surface area contributed by atoms with Gasteiger partial charge in [0.05, 0.1) is 5.56 Å². The summed E-state index contributed by atoms with van der Waals surface area (Å²) in [5.41, 5.74) is 8.79. The van der Waals surface area contributed by atoms with Crippen molar-refractivity contribution in [2.75, 3.05) is 18.8 Å². The fourth-order valence-electron chi connectivity index (χ4n) is 4.26. The summed E-state index contributed by atoms with van der Waals surface area (Å²) in [6.07, 6.45) is 2.08. The molecular weight excluding hydrogens is 428 g/mol. The molecule has 7 nitrogen and oxygen atoms in total. The van der Waals surface area contributed by atoms with Gasteiger partial charge in [0.1, 0.15) is 5.75 Å². The fraction of sp³-hybridized carbons (Fsp3) is 0.375. The lowest BCUT2D eigenvalue weighted by molar-refractivity contribution is -0.0245. The molecule has 0 radical (unpaired) electrons. The van der Waals surface area contributed by atoms with Crippen LogP contribution in [0.5, 0.6) is 5.75 Å². The molecule has 0 unspecified atom stereocenters. The summed E-state index contributed by atoms with van der Waals surface area (Å²) in [5, 5.41) is 10.6. The van der Waals surface area contributed by atoms with Crippen molar-refractivity contribution in [1.82, 2.24) is 10.2 Å². The van der Waals surface area contributed by atoms with Crippen molar-refractivity contribution in [2.24, 2.45) is 0 Å². The highest BCUT2D eigenvalue weighted by Gasteiger charge is 2.43. The number of rotatable bonds is 4. The molecule has 168 valence electrons. The lowest BCUT2D eigenvalue weighted by Gasteiger charge is -2.44. The Kier molecular flexibility index (Phi) is 5.86. The van der Waals surface area contributed by atoms with E-state index in [0.717, 1.165) is 11.8 Å². The van der Waals surface area contributed by atoms with Crippen LogP contribution in [0.1, 0.15) is 70.0 Å². The van der Waals surface area contributed by atoms with Gasteiger partial charge in [-0.2, -0.15) is 0 Å². The number of carbonyl (C=O) groups is 2. The second-order valence-electron chi connectivity index (χ2n) is 8.67. The standard InChI is InChI=1S/C24H27ClN4O3/c1-14(2)15-3-4-20-19(11-15)22(30)28-24(32-20)5-7-29(8-6-24)23(31)16-9-17(12-25)21(27)18(10-16)13-26/h3-4,9-11,13-14,26H,5-8,12,27H2,1-2H3,(H,28,30). The van der Waals surface area contributed by atoms with Crippen LogP contribution in [0.3, 0.4) is 0 Å². The second-order valence-corrected chi connectivity index (χ2v) is 8.94. The number of amides is 2. The summed E-state index contributed by atoms with van der Waals surface area (Å²) in [6, 6.07) is 9.04. The van der Waals surface area contributed by atoms with Gasteiger partial charge in [0.25, 0.3) is 11.8 Å². The maximum Gasteiger partial charge on any atom is 0.258 e. The molecule has 0 atom stereocenters. The smallest absolute Gasteiger partial charge is 0.258 e. The summed E-state index contributed by atoms with van der Waals surface area (Å²) in [6.45, 7) is 5.03. The van der Waals surface area contributed by atoms with E-state index in [1.54, 1.807) is 17.0 Å². The van der Waals surface area contributed by atoms with Gasteiger partial charge < -0.3 is 26.1 Å². The normalized spacial score (nSPS) is 17.0. The maximum atomic E-state index is 13.1. The minimum absolute atomic E-state index is 0.144. The minimum atomic E-state index is -0.817. The van der Waals surface area contributed by atoms with Gasteiger partial charge in [-0.15, -0.1) is 11.6 Å². The quantitative estimate of drug-likeness (QED) is 0.370. The first kappa shape index (κ1) is 22.1. The third kappa shape index (κ3) is 3.93. The molecule has 2 aliphatic rings. The maximum absolute atomic E-state index is 13.1. The summed E-state index contributed by atoms with van der Waals surface area (Å²) < 4.78 is 6.25. The number of hydrogen-bond acceptors (Lipinski definition) is 5. The summed E-state index contributed by atoms with van der Waals surface area (Å²) in [5.74, 6) is 0.764. The van der Waals surface area contributed by atoms with Crippen molar-refractivity contribution >= 4 is 35.3 Å². The van der Waals surface area contributed by atoms with Crippen LogP contribution in [-0.4, -0.2) is 41.7 Å². The van der Waals surface area contributed by atoms with Crippen molar-refractivity contribution in [3.8, 4) is 5.75 Å². The number of nitrogens with one attached hydrogen (secondary N) is 2. The third-order valence-electron chi connectivity index (χ3n) is 6.26. The lowest BCUT2D eigenvalue weighted by Crippen LogP contribution is -2.61. The number of fused-ring (bicyclic) bond motifs is 1. The Morgan fingerprint density at radius 3 is 2.66 bits per heavy atom. The molecule has 1 saturated heterocycles. The number of ether oxygens (including phenoxy) is 1. The van der Waals surface area contributed by atoms with Gasteiger partial charge in [0.15, 0.2) is 5.72 Å². The Labute approximate surface area is 192 Å². The highest BCUT2D eigenvalue weighted by molar-refractivity contribution is 6.17. The van der Waals surface area contributed by atoms with E-state index in [0.29, 0.717) is 65.5 Å². The summed E-state index contributed by atoms with van der Waals surface area (Å²) in [4.78, 5) is 27.7. The zero-order valence-electron chi connectivity index (χ0n) is 18.2. The monoisotopic (exact) mass is 454 g/mol. The molecule has 1 fully saturated rings. The van der Waals surface area contributed by atoms with Crippen molar-refractivity contribution in [3.05, 3.63) is 58.1 Å². The van der Waals surface area contributed by atoms with E-state index < -0.39 is 5.72 Å². The van der Waals surface area contributed by atoms with Crippen molar-refractivity contribution in [2.45, 2.75) is 44.2 Å². The molecule has 2 amide bonds. The third-order valence-corrected chi connectivity index (χ3v) is 6.55. The first-order valence-electron chi connectivity index (χ1n) is 10.7. The van der Waals surface area contributed by atoms with Crippen LogP contribution >= 0.6 is 11.6 Å². The largest absolute Gasteiger partial charge is 0.467 e. The number of benzene rings is 2. The summed E-state index contributed by atoms with van der Waals surface area (Å²) >= 11 is 5.97. The molecule has 8 heteroatoms. The van der Waals surface area contributed by atoms with Crippen molar-refractivity contribution < 1.29 is 14.3 Å². The van der Waals surface area contributed by atoms with Crippen LogP contribution < -0.4 is 15.8 Å². The number of carbonyl (C=O) groups excluding carboxylic acids is 2. The number of piperidine rings is 1. The molecule has 4 rings (SSSR count).